The van der Waals surface area contributed by atoms with Crippen molar-refractivity contribution in [2.75, 3.05) is 6.61 Å². The number of aromatic nitrogens is 1. The molecule has 0 radical (unpaired) electrons. The van der Waals surface area contributed by atoms with Gasteiger partial charge in [0.2, 0.25) is 0 Å². The van der Waals surface area contributed by atoms with Crippen LogP contribution in [0.5, 0.6) is 5.75 Å². The number of fused-ring (bicyclic) bond motifs is 1. The van der Waals surface area contributed by atoms with Crippen LogP contribution in [0.4, 0.5) is 0 Å². The van der Waals surface area contributed by atoms with E-state index in [1.807, 2.05) is 30.5 Å². The molecule has 0 fully saturated rings. The van der Waals surface area contributed by atoms with Crippen molar-refractivity contribution < 1.29 is 4.74 Å². The van der Waals surface area contributed by atoms with Gasteiger partial charge in [0.05, 0.1) is 6.61 Å². The maximum absolute atomic E-state index is 5.64. The maximum atomic E-state index is 5.64. The van der Waals surface area contributed by atoms with Crippen molar-refractivity contribution in [3.05, 3.63) is 36.7 Å². The molecule has 0 unspecified atom stereocenters. The van der Waals surface area contributed by atoms with Crippen LogP contribution in [0.25, 0.3) is 10.8 Å². The van der Waals surface area contributed by atoms with E-state index in [0.717, 1.165) is 29.5 Å². The van der Waals surface area contributed by atoms with Gasteiger partial charge in [0.1, 0.15) is 5.75 Å². The van der Waals surface area contributed by atoms with Crippen LogP contribution >= 0.6 is 0 Å². The van der Waals surface area contributed by atoms with Crippen molar-refractivity contribution in [1.82, 2.24) is 4.98 Å². The quantitative estimate of drug-likeness (QED) is 0.736. The minimum atomic E-state index is 0.765. The molecule has 0 aliphatic rings. The van der Waals surface area contributed by atoms with E-state index in [4.69, 9.17) is 4.74 Å². The average Bonchev–Trinajstić information content (AvgIpc) is 2.26. The number of hydrogen-bond acceptors (Lipinski definition) is 2. The lowest BCUT2D eigenvalue weighted by atomic mass is 10.1. The second-order valence-electron chi connectivity index (χ2n) is 3.20. The highest BCUT2D eigenvalue weighted by atomic mass is 16.5. The van der Waals surface area contributed by atoms with E-state index >= 15 is 0 Å². The van der Waals surface area contributed by atoms with Crippen molar-refractivity contribution in [3.63, 3.8) is 0 Å². The summed E-state index contributed by atoms with van der Waals surface area (Å²) in [5, 5.41) is 2.26. The van der Waals surface area contributed by atoms with Gasteiger partial charge in [-0.05, 0) is 18.6 Å². The molecule has 0 saturated carbocycles. The number of nitrogens with zero attached hydrogens (tertiary/aromatic N) is 1. The number of pyridine rings is 1. The third-order valence-corrected chi connectivity index (χ3v) is 2.10. The summed E-state index contributed by atoms with van der Waals surface area (Å²) < 4.78 is 5.64. The van der Waals surface area contributed by atoms with Gasteiger partial charge in [-0.2, -0.15) is 0 Å². The largest absolute Gasteiger partial charge is 0.493 e. The van der Waals surface area contributed by atoms with Gasteiger partial charge < -0.3 is 4.74 Å². The first-order valence-corrected chi connectivity index (χ1v) is 4.87. The second-order valence-corrected chi connectivity index (χ2v) is 3.20. The Labute approximate surface area is 83.5 Å². The second kappa shape index (κ2) is 4.09. The molecule has 72 valence electrons. The van der Waals surface area contributed by atoms with Crippen LogP contribution in [-0.4, -0.2) is 11.6 Å². The standard InChI is InChI=1S/C12H13NO/c1-2-8-14-12-5-3-4-10-9-13-7-6-11(10)12/h3-7,9H,2,8H2,1H3. The summed E-state index contributed by atoms with van der Waals surface area (Å²) in [4.78, 5) is 4.08. The normalized spacial score (nSPS) is 10.4. The fourth-order valence-electron chi connectivity index (χ4n) is 1.43. The first kappa shape index (κ1) is 9.00. The summed E-state index contributed by atoms with van der Waals surface area (Å²) >= 11 is 0. The Morgan fingerprint density at radius 2 is 2.21 bits per heavy atom. The van der Waals surface area contributed by atoms with Gasteiger partial charge in [-0.25, -0.2) is 0 Å². The predicted octanol–water partition coefficient (Wildman–Crippen LogP) is 3.02. The summed E-state index contributed by atoms with van der Waals surface area (Å²) in [5.41, 5.74) is 0. The third kappa shape index (κ3) is 1.69. The number of hydrogen-bond donors (Lipinski definition) is 0. The van der Waals surface area contributed by atoms with Crippen molar-refractivity contribution >= 4 is 10.8 Å². The summed E-state index contributed by atoms with van der Waals surface area (Å²) in [7, 11) is 0. The Kier molecular flexibility index (Phi) is 2.63. The zero-order chi connectivity index (χ0) is 9.80. The number of ether oxygens (including phenoxy) is 1. The maximum Gasteiger partial charge on any atom is 0.127 e. The lowest BCUT2D eigenvalue weighted by Gasteiger charge is -2.07. The molecule has 0 amide bonds. The molecule has 0 atom stereocenters. The van der Waals surface area contributed by atoms with E-state index in [1.165, 1.54) is 0 Å². The molecular formula is C12H13NO. The van der Waals surface area contributed by atoms with E-state index in [-0.39, 0.29) is 0 Å². The van der Waals surface area contributed by atoms with Gasteiger partial charge in [-0.3, -0.25) is 4.98 Å². The Hall–Kier alpha value is -1.57. The minimum Gasteiger partial charge on any atom is -0.493 e. The topological polar surface area (TPSA) is 22.1 Å². The van der Waals surface area contributed by atoms with Crippen LogP contribution < -0.4 is 4.74 Å². The third-order valence-electron chi connectivity index (χ3n) is 2.10. The van der Waals surface area contributed by atoms with Crippen LogP contribution in [0, 0.1) is 0 Å². The first-order chi connectivity index (χ1) is 6.92. The summed E-state index contributed by atoms with van der Waals surface area (Å²) in [6.45, 7) is 2.87. The highest BCUT2D eigenvalue weighted by molar-refractivity contribution is 5.87. The van der Waals surface area contributed by atoms with Gasteiger partial charge in [0.25, 0.3) is 0 Å². The summed E-state index contributed by atoms with van der Waals surface area (Å²) in [6.07, 6.45) is 4.68. The van der Waals surface area contributed by atoms with Crippen molar-refractivity contribution in [2.45, 2.75) is 13.3 Å². The first-order valence-electron chi connectivity index (χ1n) is 4.87. The van der Waals surface area contributed by atoms with Crippen LogP contribution in [-0.2, 0) is 0 Å². The molecule has 2 rings (SSSR count). The van der Waals surface area contributed by atoms with Crippen LogP contribution in [0.2, 0.25) is 0 Å². The number of benzene rings is 1. The zero-order valence-electron chi connectivity index (χ0n) is 8.23. The average molecular weight is 187 g/mol. The molecule has 1 heterocycles. The van der Waals surface area contributed by atoms with Crippen molar-refractivity contribution in [3.8, 4) is 5.75 Å². The van der Waals surface area contributed by atoms with Crippen LogP contribution in [0.15, 0.2) is 36.7 Å². The Morgan fingerprint density at radius 3 is 3.07 bits per heavy atom. The molecule has 1 aromatic carbocycles. The molecule has 0 N–H and O–H groups in total. The van der Waals surface area contributed by atoms with Gasteiger partial charge in [-0.1, -0.05) is 19.1 Å². The molecule has 0 bridgehead atoms. The fourth-order valence-corrected chi connectivity index (χ4v) is 1.43. The summed E-state index contributed by atoms with van der Waals surface area (Å²) in [6, 6.07) is 8.02. The van der Waals surface area contributed by atoms with E-state index < -0.39 is 0 Å². The summed E-state index contributed by atoms with van der Waals surface area (Å²) in [5.74, 6) is 0.951. The molecule has 2 heteroatoms. The van der Waals surface area contributed by atoms with Gasteiger partial charge in [0.15, 0.2) is 0 Å². The highest BCUT2D eigenvalue weighted by Crippen LogP contribution is 2.24. The minimum absolute atomic E-state index is 0.765. The zero-order valence-corrected chi connectivity index (χ0v) is 8.23. The molecule has 0 spiro atoms. The predicted molar refractivity (Wildman–Crippen MR) is 57.5 cm³/mol. The molecule has 0 saturated heterocycles. The molecule has 0 aliphatic heterocycles. The lowest BCUT2D eigenvalue weighted by Crippen LogP contribution is -1.95. The molecule has 0 aliphatic carbocycles. The van der Waals surface area contributed by atoms with Crippen molar-refractivity contribution in [2.24, 2.45) is 0 Å². The molecule has 14 heavy (non-hydrogen) atoms. The lowest BCUT2D eigenvalue weighted by molar-refractivity contribution is 0.321. The Bertz CT molecular complexity index is 420. The SMILES string of the molecule is CCCOc1cccc2cnccc12. The highest BCUT2D eigenvalue weighted by Gasteiger charge is 1.99. The van der Waals surface area contributed by atoms with Gasteiger partial charge >= 0.3 is 0 Å². The smallest absolute Gasteiger partial charge is 0.127 e. The van der Waals surface area contributed by atoms with E-state index in [2.05, 4.69) is 11.9 Å². The Morgan fingerprint density at radius 1 is 1.29 bits per heavy atom. The van der Waals surface area contributed by atoms with Crippen LogP contribution in [0.3, 0.4) is 0 Å². The number of rotatable bonds is 3. The Balaban J connectivity index is 2.43. The molecule has 2 aromatic rings. The monoisotopic (exact) mass is 187 g/mol. The van der Waals surface area contributed by atoms with E-state index in [9.17, 15) is 0 Å². The van der Waals surface area contributed by atoms with E-state index in [0.29, 0.717) is 0 Å². The fraction of sp³-hybridized carbons (Fsp3) is 0.250. The molecular weight excluding hydrogens is 174 g/mol. The van der Waals surface area contributed by atoms with Gasteiger partial charge in [0, 0.05) is 23.2 Å². The van der Waals surface area contributed by atoms with Gasteiger partial charge in [-0.15, -0.1) is 0 Å². The molecule has 1 aromatic heterocycles. The van der Waals surface area contributed by atoms with E-state index in [1.54, 1.807) is 6.20 Å². The van der Waals surface area contributed by atoms with Crippen molar-refractivity contribution in [1.29, 1.82) is 0 Å². The molecule has 2 nitrogen and oxygen atoms in total. The van der Waals surface area contributed by atoms with Crippen LogP contribution in [0.1, 0.15) is 13.3 Å².